The molecule has 1 saturated heterocycles. The van der Waals surface area contributed by atoms with Crippen LogP contribution in [0.15, 0.2) is 66.7 Å². The molecule has 3 aliphatic carbocycles. The molecule has 0 radical (unpaired) electrons. The number of carbonyl (C=O) groups excluding carboxylic acids is 4. The smallest absolute Gasteiger partial charge is 0.239 e. The van der Waals surface area contributed by atoms with Gasteiger partial charge in [-0.25, -0.2) is 4.90 Å². The zero-order valence-corrected chi connectivity index (χ0v) is 20.3. The summed E-state index contributed by atoms with van der Waals surface area (Å²) < 4.78 is 5.78. The van der Waals surface area contributed by atoms with Crippen LogP contribution < -0.4 is 9.64 Å². The van der Waals surface area contributed by atoms with Crippen LogP contribution in [-0.4, -0.2) is 30.0 Å². The van der Waals surface area contributed by atoms with E-state index in [1.165, 1.54) is 13.8 Å². The van der Waals surface area contributed by atoms with E-state index in [2.05, 4.69) is 0 Å². The molecule has 3 aromatic rings. The highest BCUT2D eigenvalue weighted by Gasteiger charge is 2.70. The number of ketones is 2. The molecule has 1 heterocycles. The maximum Gasteiger partial charge on any atom is 0.239 e. The minimum atomic E-state index is -1.27. The van der Waals surface area contributed by atoms with Gasteiger partial charge in [-0.05, 0) is 61.2 Å². The summed E-state index contributed by atoms with van der Waals surface area (Å²) >= 11 is 0. The van der Waals surface area contributed by atoms with Crippen LogP contribution in [0.5, 0.6) is 5.75 Å². The van der Waals surface area contributed by atoms with Gasteiger partial charge in [0.25, 0.3) is 0 Å². The van der Waals surface area contributed by atoms with E-state index in [0.29, 0.717) is 17.9 Å². The maximum atomic E-state index is 14.3. The summed E-state index contributed by atoms with van der Waals surface area (Å²) in [4.78, 5) is 55.6. The lowest BCUT2D eigenvalue weighted by Gasteiger charge is -2.52. The number of hydrogen-bond acceptors (Lipinski definition) is 5. The molecule has 0 saturated carbocycles. The third-order valence-electron chi connectivity index (χ3n) is 8.08. The standard InChI is InChI=1S/C30H25NO5/c1-4-36-24-14-13-18(16(2)32)15-23(24)31-28(34)26-25-19-9-5-7-11-21(19)30(17(3)33,27(26)29(31)35)22-12-8-6-10-20(22)25/h5-15,25-27H,4H2,1-3H3/t25?,26-,27+,30?/m0/s1. The summed E-state index contributed by atoms with van der Waals surface area (Å²) in [5, 5.41) is 0. The number of imide groups is 1. The zero-order valence-electron chi connectivity index (χ0n) is 20.3. The number of nitrogens with zero attached hydrogens (tertiary/aromatic N) is 1. The summed E-state index contributed by atoms with van der Waals surface area (Å²) in [5.74, 6) is -2.77. The lowest BCUT2D eigenvalue weighted by atomic mass is 9.46. The molecule has 0 spiro atoms. The Morgan fingerprint density at radius 2 is 1.50 bits per heavy atom. The zero-order chi connectivity index (χ0) is 25.4. The highest BCUT2D eigenvalue weighted by molar-refractivity contribution is 6.26. The molecule has 2 atom stereocenters. The van der Waals surface area contributed by atoms with Gasteiger partial charge < -0.3 is 4.74 Å². The van der Waals surface area contributed by atoms with Gasteiger partial charge in [-0.15, -0.1) is 0 Å². The van der Waals surface area contributed by atoms with Crippen molar-refractivity contribution < 1.29 is 23.9 Å². The molecule has 180 valence electrons. The minimum Gasteiger partial charge on any atom is -0.492 e. The van der Waals surface area contributed by atoms with E-state index < -0.39 is 23.2 Å². The first-order valence-electron chi connectivity index (χ1n) is 12.2. The molecule has 0 unspecified atom stereocenters. The van der Waals surface area contributed by atoms with Crippen LogP contribution >= 0.6 is 0 Å². The number of carbonyl (C=O) groups is 4. The Morgan fingerprint density at radius 1 is 0.889 bits per heavy atom. The van der Waals surface area contributed by atoms with Crippen LogP contribution in [-0.2, 0) is 19.8 Å². The van der Waals surface area contributed by atoms with E-state index in [1.54, 1.807) is 18.2 Å². The van der Waals surface area contributed by atoms with Crippen molar-refractivity contribution in [3.8, 4) is 5.75 Å². The Balaban J connectivity index is 1.63. The van der Waals surface area contributed by atoms with E-state index >= 15 is 0 Å². The molecule has 36 heavy (non-hydrogen) atoms. The van der Waals surface area contributed by atoms with Gasteiger partial charge in [-0.2, -0.15) is 0 Å². The van der Waals surface area contributed by atoms with Gasteiger partial charge >= 0.3 is 0 Å². The molecule has 0 N–H and O–H groups in total. The largest absolute Gasteiger partial charge is 0.492 e. The number of amides is 2. The van der Waals surface area contributed by atoms with Crippen LogP contribution in [0.1, 0.15) is 59.3 Å². The fourth-order valence-electron chi connectivity index (χ4n) is 6.80. The summed E-state index contributed by atoms with van der Waals surface area (Å²) in [6, 6.07) is 20.1. The summed E-state index contributed by atoms with van der Waals surface area (Å²) in [6.45, 7) is 5.09. The SMILES string of the molecule is CCOc1ccc(C(C)=O)cc1N1C(=O)[C@H]2C3c4ccccc4C(C(C)=O)(c4ccccc43)[C@H]2C1=O. The van der Waals surface area contributed by atoms with Crippen molar-refractivity contribution in [2.75, 3.05) is 11.5 Å². The molecule has 4 aliphatic rings. The Kier molecular flexibility index (Phi) is 4.80. The first-order chi connectivity index (χ1) is 17.3. The molecule has 1 fully saturated rings. The Hall–Kier alpha value is -4.06. The Labute approximate surface area is 208 Å². The van der Waals surface area contributed by atoms with Crippen molar-refractivity contribution in [1.29, 1.82) is 0 Å². The molecule has 1 aliphatic heterocycles. The van der Waals surface area contributed by atoms with Gasteiger partial charge in [0.15, 0.2) is 5.78 Å². The maximum absolute atomic E-state index is 14.3. The average Bonchev–Trinajstić information content (AvgIpc) is 3.14. The molecular weight excluding hydrogens is 454 g/mol. The molecule has 2 bridgehead atoms. The van der Waals surface area contributed by atoms with Crippen LogP contribution in [0.2, 0.25) is 0 Å². The van der Waals surface area contributed by atoms with E-state index in [9.17, 15) is 19.2 Å². The van der Waals surface area contributed by atoms with E-state index in [-0.39, 0.29) is 29.1 Å². The monoisotopic (exact) mass is 479 g/mol. The van der Waals surface area contributed by atoms with E-state index in [4.69, 9.17) is 4.74 Å². The van der Waals surface area contributed by atoms with Crippen LogP contribution in [0.25, 0.3) is 0 Å². The Bertz CT molecular complexity index is 1440. The minimum absolute atomic E-state index is 0.166. The first-order valence-corrected chi connectivity index (χ1v) is 12.2. The number of rotatable bonds is 5. The van der Waals surface area contributed by atoms with Crippen molar-refractivity contribution in [1.82, 2.24) is 0 Å². The highest BCUT2D eigenvalue weighted by Crippen LogP contribution is 2.64. The second-order valence-corrected chi connectivity index (χ2v) is 9.70. The third-order valence-corrected chi connectivity index (χ3v) is 8.08. The fourth-order valence-corrected chi connectivity index (χ4v) is 6.80. The molecular formula is C30H25NO5. The number of hydrogen-bond donors (Lipinski definition) is 0. The van der Waals surface area contributed by atoms with Crippen molar-refractivity contribution in [3.05, 3.63) is 94.5 Å². The summed E-state index contributed by atoms with van der Waals surface area (Å²) in [5.41, 5.74) is 2.79. The molecule has 6 heteroatoms. The summed E-state index contributed by atoms with van der Waals surface area (Å²) in [7, 11) is 0. The third kappa shape index (κ3) is 2.61. The van der Waals surface area contributed by atoms with Crippen molar-refractivity contribution >= 4 is 29.1 Å². The second-order valence-electron chi connectivity index (χ2n) is 9.70. The van der Waals surface area contributed by atoms with E-state index in [1.807, 2.05) is 55.5 Å². The lowest BCUT2D eigenvalue weighted by Crippen LogP contribution is -2.57. The highest BCUT2D eigenvalue weighted by atomic mass is 16.5. The Morgan fingerprint density at radius 3 is 2.06 bits per heavy atom. The normalized spacial score (nSPS) is 25.3. The van der Waals surface area contributed by atoms with Crippen molar-refractivity contribution in [3.63, 3.8) is 0 Å². The first kappa shape index (κ1) is 22.4. The fraction of sp³-hybridized carbons (Fsp3) is 0.267. The quantitative estimate of drug-likeness (QED) is 0.400. The second kappa shape index (κ2) is 7.72. The molecule has 2 amide bonds. The van der Waals surface area contributed by atoms with Gasteiger partial charge in [0.2, 0.25) is 11.8 Å². The number of ether oxygens (including phenoxy) is 1. The number of anilines is 1. The van der Waals surface area contributed by atoms with E-state index in [0.717, 1.165) is 27.2 Å². The van der Waals surface area contributed by atoms with Gasteiger partial charge in [-0.1, -0.05) is 48.5 Å². The van der Waals surface area contributed by atoms with Crippen LogP contribution in [0.3, 0.4) is 0 Å². The van der Waals surface area contributed by atoms with Crippen LogP contribution in [0.4, 0.5) is 5.69 Å². The number of Topliss-reactive ketones (excluding diaryl/α,β-unsaturated/α-hetero) is 2. The average molecular weight is 480 g/mol. The molecule has 7 rings (SSSR count). The van der Waals surface area contributed by atoms with Gasteiger partial charge in [0, 0.05) is 11.5 Å². The molecule has 3 aromatic carbocycles. The van der Waals surface area contributed by atoms with Crippen molar-refractivity contribution in [2.24, 2.45) is 11.8 Å². The number of benzene rings is 3. The molecule has 0 aromatic heterocycles. The molecule has 6 nitrogen and oxygen atoms in total. The predicted octanol–water partition coefficient (Wildman–Crippen LogP) is 4.43. The van der Waals surface area contributed by atoms with Crippen molar-refractivity contribution in [2.45, 2.75) is 32.1 Å². The van der Waals surface area contributed by atoms with Gasteiger partial charge in [0.05, 0.1) is 29.5 Å². The van der Waals surface area contributed by atoms with Gasteiger partial charge in [0.1, 0.15) is 11.5 Å². The van der Waals surface area contributed by atoms with Crippen LogP contribution in [0, 0.1) is 11.8 Å². The topological polar surface area (TPSA) is 80.8 Å². The summed E-state index contributed by atoms with van der Waals surface area (Å²) in [6.07, 6.45) is 0. The predicted molar refractivity (Wildman–Crippen MR) is 133 cm³/mol. The lowest BCUT2D eigenvalue weighted by molar-refractivity contribution is -0.132. The van der Waals surface area contributed by atoms with Gasteiger partial charge in [-0.3, -0.25) is 19.2 Å².